The first-order chi connectivity index (χ1) is 9.48. The summed E-state index contributed by atoms with van der Waals surface area (Å²) in [5.74, 6) is -0.181. The van der Waals surface area contributed by atoms with Crippen LogP contribution in [0.25, 0.3) is 0 Å². The van der Waals surface area contributed by atoms with Gasteiger partial charge < -0.3 is 5.32 Å². The monoisotopic (exact) mass is 303 g/mol. The summed E-state index contributed by atoms with van der Waals surface area (Å²) in [6.45, 7) is 2.61. The topological polar surface area (TPSA) is 69.7 Å². The summed E-state index contributed by atoms with van der Waals surface area (Å²) >= 11 is 0. The maximum atomic E-state index is 12.8. The number of nitrogens with one attached hydrogen (secondary N) is 1. The lowest BCUT2D eigenvalue weighted by atomic mass is 9.96. The van der Waals surface area contributed by atoms with Crippen molar-refractivity contribution < 1.29 is 13.2 Å². The minimum Gasteiger partial charge on any atom is -0.353 e. The average molecular weight is 303 g/mol. The summed E-state index contributed by atoms with van der Waals surface area (Å²) < 4.78 is 28.4. The molecule has 0 aromatic carbocycles. The zero-order valence-corrected chi connectivity index (χ0v) is 13.2. The average Bonchev–Trinajstić information content (AvgIpc) is 2.47. The van der Waals surface area contributed by atoms with Crippen LogP contribution in [0.5, 0.6) is 0 Å². The van der Waals surface area contributed by atoms with Crippen LogP contribution in [0, 0.1) is 0 Å². The Hall–Kier alpha value is -0.660. The van der Waals surface area contributed by atoms with Gasteiger partial charge in [0.15, 0.2) is 0 Å². The Bertz CT molecular complexity index is 446. The van der Waals surface area contributed by atoms with Crippen LogP contribution < -0.4 is 5.32 Å². The highest BCUT2D eigenvalue weighted by Crippen LogP contribution is 2.26. The molecule has 0 radical (unpaired) electrons. The van der Waals surface area contributed by atoms with E-state index in [1.54, 1.807) is 7.05 Å². The lowest BCUT2D eigenvalue weighted by molar-refractivity contribution is -0.126. The number of amides is 1. The number of carbonyl (C=O) groups is 1. The van der Waals surface area contributed by atoms with E-state index in [0.717, 1.165) is 25.7 Å². The molecule has 1 aliphatic carbocycles. The Balaban J connectivity index is 2.17. The normalized spacial score (nSPS) is 26.8. The van der Waals surface area contributed by atoms with Crippen LogP contribution in [0.4, 0.5) is 0 Å². The summed E-state index contributed by atoms with van der Waals surface area (Å²) in [5, 5.41) is 2.74. The molecule has 1 N–H and O–H groups in total. The highest BCUT2D eigenvalue weighted by atomic mass is 32.2. The third-order valence-corrected chi connectivity index (χ3v) is 6.47. The molecule has 2 rings (SSSR count). The van der Waals surface area contributed by atoms with Gasteiger partial charge in [0, 0.05) is 26.2 Å². The number of rotatable bonds is 4. The van der Waals surface area contributed by atoms with Gasteiger partial charge in [-0.1, -0.05) is 26.2 Å². The van der Waals surface area contributed by atoms with Gasteiger partial charge in [0.25, 0.3) is 10.2 Å². The molecule has 1 saturated carbocycles. The van der Waals surface area contributed by atoms with Gasteiger partial charge in [-0.2, -0.15) is 17.0 Å². The highest BCUT2D eigenvalue weighted by molar-refractivity contribution is 7.86. The molecule has 116 valence electrons. The molecule has 20 heavy (non-hydrogen) atoms. The Kier molecular flexibility index (Phi) is 5.04. The maximum absolute atomic E-state index is 12.8. The molecular formula is C13H25N3O3S. The molecule has 1 atom stereocenters. The fraction of sp³-hybridized carbons (Fsp3) is 0.923. The zero-order valence-electron chi connectivity index (χ0n) is 12.3. The summed E-state index contributed by atoms with van der Waals surface area (Å²) in [4.78, 5) is 11.8. The van der Waals surface area contributed by atoms with Crippen molar-refractivity contribution in [2.45, 2.75) is 57.5 Å². The molecule has 2 fully saturated rings. The summed E-state index contributed by atoms with van der Waals surface area (Å²) in [6, 6.07) is -0.490. The van der Waals surface area contributed by atoms with Crippen molar-refractivity contribution in [2.24, 2.45) is 0 Å². The van der Waals surface area contributed by atoms with Gasteiger partial charge in [0.1, 0.15) is 6.04 Å². The molecule has 6 nitrogen and oxygen atoms in total. The van der Waals surface area contributed by atoms with Crippen LogP contribution in [-0.4, -0.2) is 55.2 Å². The Labute approximate surface area is 121 Å². The van der Waals surface area contributed by atoms with E-state index in [1.807, 2.05) is 6.92 Å². The van der Waals surface area contributed by atoms with E-state index < -0.39 is 16.3 Å². The number of carbonyl (C=O) groups excluding carboxylic acids is 1. The molecule has 0 bridgehead atoms. The van der Waals surface area contributed by atoms with Gasteiger partial charge in [-0.25, -0.2) is 0 Å². The van der Waals surface area contributed by atoms with Crippen molar-refractivity contribution in [1.82, 2.24) is 13.9 Å². The van der Waals surface area contributed by atoms with Crippen LogP contribution in [0.15, 0.2) is 0 Å². The summed E-state index contributed by atoms with van der Waals surface area (Å²) in [5.41, 5.74) is 0. The SMILES string of the molecule is CCC1C(=O)NCCN1S(=O)(=O)N(C)C1CCCCC1. The maximum Gasteiger partial charge on any atom is 0.282 e. The van der Waals surface area contributed by atoms with Gasteiger partial charge in [0.05, 0.1) is 0 Å². The van der Waals surface area contributed by atoms with E-state index in [2.05, 4.69) is 5.32 Å². The van der Waals surface area contributed by atoms with Gasteiger partial charge >= 0.3 is 0 Å². The lowest BCUT2D eigenvalue weighted by Crippen LogP contribution is -2.60. The third kappa shape index (κ3) is 2.99. The molecule has 0 aromatic rings. The molecule has 1 saturated heterocycles. The number of hydrogen-bond donors (Lipinski definition) is 1. The van der Waals surface area contributed by atoms with E-state index in [9.17, 15) is 13.2 Å². The van der Waals surface area contributed by atoms with Crippen molar-refractivity contribution in [1.29, 1.82) is 0 Å². The Morgan fingerprint density at radius 2 is 1.95 bits per heavy atom. The van der Waals surface area contributed by atoms with Gasteiger partial charge in [-0.05, 0) is 19.3 Å². The second-order valence-electron chi connectivity index (χ2n) is 5.64. The molecule has 1 unspecified atom stereocenters. The number of nitrogens with zero attached hydrogens (tertiary/aromatic N) is 2. The molecular weight excluding hydrogens is 278 g/mol. The van der Waals surface area contributed by atoms with E-state index >= 15 is 0 Å². The van der Waals surface area contributed by atoms with Crippen LogP contribution in [0.3, 0.4) is 0 Å². The van der Waals surface area contributed by atoms with E-state index in [-0.39, 0.29) is 11.9 Å². The van der Waals surface area contributed by atoms with Crippen LogP contribution in [0.2, 0.25) is 0 Å². The second kappa shape index (κ2) is 6.41. The van der Waals surface area contributed by atoms with Crippen LogP contribution >= 0.6 is 0 Å². The molecule has 1 amide bonds. The Morgan fingerprint density at radius 3 is 2.55 bits per heavy atom. The summed E-state index contributed by atoms with van der Waals surface area (Å²) in [6.07, 6.45) is 5.71. The van der Waals surface area contributed by atoms with Gasteiger partial charge in [-0.15, -0.1) is 0 Å². The third-order valence-electron chi connectivity index (χ3n) is 4.42. The molecule has 1 heterocycles. The van der Waals surface area contributed by atoms with E-state index in [4.69, 9.17) is 0 Å². The highest BCUT2D eigenvalue weighted by Gasteiger charge is 2.40. The molecule has 2 aliphatic rings. The fourth-order valence-corrected chi connectivity index (χ4v) is 4.96. The predicted molar refractivity (Wildman–Crippen MR) is 77.4 cm³/mol. The molecule has 7 heteroatoms. The zero-order chi connectivity index (χ0) is 14.8. The van der Waals surface area contributed by atoms with Crippen LogP contribution in [0.1, 0.15) is 45.4 Å². The minimum atomic E-state index is -3.55. The van der Waals surface area contributed by atoms with E-state index in [0.29, 0.717) is 19.5 Å². The van der Waals surface area contributed by atoms with Crippen molar-refractivity contribution in [2.75, 3.05) is 20.1 Å². The van der Waals surface area contributed by atoms with Crippen molar-refractivity contribution in [3.05, 3.63) is 0 Å². The molecule has 0 spiro atoms. The molecule has 0 aromatic heterocycles. The lowest BCUT2D eigenvalue weighted by Gasteiger charge is -2.39. The minimum absolute atomic E-state index is 0.0799. The molecule has 1 aliphatic heterocycles. The largest absolute Gasteiger partial charge is 0.353 e. The first kappa shape index (κ1) is 15.7. The van der Waals surface area contributed by atoms with Crippen molar-refractivity contribution >= 4 is 16.1 Å². The van der Waals surface area contributed by atoms with Crippen molar-refractivity contribution in [3.63, 3.8) is 0 Å². The van der Waals surface area contributed by atoms with Gasteiger partial charge in [-0.3, -0.25) is 4.79 Å². The standard InChI is InChI=1S/C13H25N3O3S/c1-3-12-13(17)14-9-10-16(12)20(18,19)15(2)11-7-5-4-6-8-11/h11-12H,3-10H2,1-2H3,(H,14,17). The number of hydrogen-bond acceptors (Lipinski definition) is 3. The smallest absolute Gasteiger partial charge is 0.282 e. The predicted octanol–water partition coefficient (Wildman–Crippen LogP) is 0.706. The van der Waals surface area contributed by atoms with Crippen LogP contribution in [-0.2, 0) is 15.0 Å². The second-order valence-corrected chi connectivity index (χ2v) is 7.58. The fourth-order valence-electron chi connectivity index (χ4n) is 3.16. The van der Waals surface area contributed by atoms with Crippen molar-refractivity contribution in [3.8, 4) is 0 Å². The first-order valence-corrected chi connectivity index (χ1v) is 8.90. The van der Waals surface area contributed by atoms with Gasteiger partial charge in [0.2, 0.25) is 5.91 Å². The first-order valence-electron chi connectivity index (χ1n) is 7.51. The Morgan fingerprint density at radius 1 is 1.30 bits per heavy atom. The number of piperazine rings is 1. The summed E-state index contributed by atoms with van der Waals surface area (Å²) in [7, 11) is -1.89. The van der Waals surface area contributed by atoms with E-state index in [1.165, 1.54) is 15.0 Å². The quantitative estimate of drug-likeness (QED) is 0.831.